The normalized spacial score (nSPS) is 29.1. The van der Waals surface area contributed by atoms with Crippen molar-refractivity contribution in [1.82, 2.24) is 14.9 Å². The van der Waals surface area contributed by atoms with Gasteiger partial charge in [0, 0.05) is 35.8 Å². The summed E-state index contributed by atoms with van der Waals surface area (Å²) in [6, 6.07) is 2.25. The van der Waals surface area contributed by atoms with Gasteiger partial charge in [0.05, 0.1) is 28.5 Å². The number of aromatic nitrogens is 2. The topological polar surface area (TPSA) is 58.5 Å². The van der Waals surface area contributed by atoms with Gasteiger partial charge >= 0.3 is 0 Å². The Morgan fingerprint density at radius 1 is 1.38 bits per heavy atom. The quantitative estimate of drug-likeness (QED) is 0.861. The molecule has 0 aliphatic carbocycles. The Labute approximate surface area is 163 Å². The fraction of sp³-hybridized carbons (Fsp3) is 0.579. The molecule has 3 atom stereocenters. The number of ether oxygens (including phenoxy) is 1. The lowest BCUT2D eigenvalue weighted by Crippen LogP contribution is -2.50. The number of nitrogens with zero attached hydrogens (tertiary/aromatic N) is 3. The van der Waals surface area contributed by atoms with Crippen molar-refractivity contribution in [3.05, 3.63) is 44.6 Å². The lowest BCUT2D eigenvalue weighted by Gasteiger charge is -2.47. The summed E-state index contributed by atoms with van der Waals surface area (Å²) in [5.41, 5.74) is 2.66. The number of aliphatic hydroxyl groups excluding tert-OH is 1. The molecule has 140 valence electrons. The minimum atomic E-state index is -0.569. The molecule has 0 bridgehead atoms. The highest BCUT2D eigenvalue weighted by molar-refractivity contribution is 7.16. The monoisotopic (exact) mass is 393 g/mol. The molecule has 2 aromatic heterocycles. The number of aliphatic hydroxyl groups is 1. The van der Waals surface area contributed by atoms with Crippen molar-refractivity contribution in [2.75, 3.05) is 13.2 Å². The number of halogens is 1. The Morgan fingerprint density at radius 3 is 2.85 bits per heavy atom. The minimum Gasteiger partial charge on any atom is -0.386 e. The Balaban J connectivity index is 1.50. The van der Waals surface area contributed by atoms with Crippen molar-refractivity contribution in [2.45, 2.75) is 57.4 Å². The molecular formula is C19H24ClN3O2S. The van der Waals surface area contributed by atoms with E-state index in [0.29, 0.717) is 12.6 Å². The number of fused-ring (bicyclic) bond motifs is 2. The van der Waals surface area contributed by atoms with E-state index in [1.807, 2.05) is 18.5 Å². The molecule has 26 heavy (non-hydrogen) atoms. The molecule has 4 heterocycles. The van der Waals surface area contributed by atoms with Crippen molar-refractivity contribution < 1.29 is 9.84 Å². The SMILES string of the molecule is CCc1cnc(CN2CC[C@]3(C[C@@H]2C)OC[C@H](O)c2cc(Cl)sc23)cn1. The van der Waals surface area contributed by atoms with Crippen LogP contribution in [0.5, 0.6) is 0 Å². The van der Waals surface area contributed by atoms with Gasteiger partial charge in [-0.3, -0.25) is 14.9 Å². The second kappa shape index (κ2) is 7.17. The van der Waals surface area contributed by atoms with Gasteiger partial charge in [-0.2, -0.15) is 0 Å². The highest BCUT2D eigenvalue weighted by Gasteiger charge is 2.46. The van der Waals surface area contributed by atoms with Gasteiger partial charge in [-0.05, 0) is 32.3 Å². The maximum absolute atomic E-state index is 10.2. The molecule has 1 saturated heterocycles. The van der Waals surface area contributed by atoms with Crippen LogP contribution in [0.4, 0.5) is 0 Å². The number of likely N-dealkylation sites (tertiary alicyclic amines) is 1. The molecule has 2 aliphatic rings. The first-order chi connectivity index (χ1) is 12.5. The molecule has 0 aromatic carbocycles. The molecule has 0 radical (unpaired) electrons. The molecule has 4 rings (SSSR count). The van der Waals surface area contributed by atoms with Gasteiger partial charge in [0.25, 0.3) is 0 Å². The number of hydrogen-bond acceptors (Lipinski definition) is 6. The Bertz CT molecular complexity index is 782. The average molecular weight is 394 g/mol. The standard InChI is InChI=1S/C19H24ClN3O2S/c1-3-13-8-22-14(9-21-13)10-23-5-4-19(7-12(23)2)18-15(6-17(20)26-18)16(24)11-25-19/h6,8-9,12,16,24H,3-5,7,10-11H2,1-2H3/t12-,16-,19+/m0/s1. The summed E-state index contributed by atoms with van der Waals surface area (Å²) in [6.07, 6.45) is 5.89. The Hall–Kier alpha value is -1.05. The van der Waals surface area contributed by atoms with Crippen LogP contribution in [0.2, 0.25) is 4.34 Å². The molecule has 1 spiro atoms. The fourth-order valence-corrected chi connectivity index (χ4v) is 5.52. The summed E-state index contributed by atoms with van der Waals surface area (Å²) in [6.45, 7) is 6.38. The van der Waals surface area contributed by atoms with Gasteiger partial charge in [-0.15, -0.1) is 11.3 Å². The molecule has 0 amide bonds. The zero-order chi connectivity index (χ0) is 18.3. The third-order valence-corrected chi connectivity index (χ3v) is 7.02. The molecule has 7 heteroatoms. The van der Waals surface area contributed by atoms with Crippen LogP contribution in [0.1, 0.15) is 54.6 Å². The first-order valence-corrected chi connectivity index (χ1v) is 10.4. The van der Waals surface area contributed by atoms with Crippen LogP contribution in [0.15, 0.2) is 18.5 Å². The first-order valence-electron chi connectivity index (χ1n) is 9.16. The van der Waals surface area contributed by atoms with Gasteiger partial charge < -0.3 is 9.84 Å². The second-order valence-electron chi connectivity index (χ2n) is 7.28. The van der Waals surface area contributed by atoms with Crippen molar-refractivity contribution in [3.63, 3.8) is 0 Å². The molecule has 1 fully saturated rings. The van der Waals surface area contributed by atoms with Gasteiger partial charge in [0.15, 0.2) is 0 Å². The minimum absolute atomic E-state index is 0.319. The van der Waals surface area contributed by atoms with E-state index in [2.05, 4.69) is 28.7 Å². The van der Waals surface area contributed by atoms with E-state index in [9.17, 15) is 5.11 Å². The number of rotatable bonds is 3. The van der Waals surface area contributed by atoms with Gasteiger partial charge in [0.2, 0.25) is 0 Å². The predicted molar refractivity (Wildman–Crippen MR) is 102 cm³/mol. The molecule has 1 N–H and O–H groups in total. The predicted octanol–water partition coefficient (Wildman–Crippen LogP) is 3.70. The molecule has 5 nitrogen and oxygen atoms in total. The molecule has 2 aromatic rings. The summed E-state index contributed by atoms with van der Waals surface area (Å²) < 4.78 is 6.93. The maximum Gasteiger partial charge on any atom is 0.105 e. The van der Waals surface area contributed by atoms with Crippen LogP contribution >= 0.6 is 22.9 Å². The van der Waals surface area contributed by atoms with Gasteiger partial charge in [-0.25, -0.2) is 0 Å². The summed E-state index contributed by atoms with van der Waals surface area (Å²) in [4.78, 5) is 12.6. The number of thiophene rings is 1. The second-order valence-corrected chi connectivity index (χ2v) is 8.97. The van der Waals surface area contributed by atoms with Crippen LogP contribution < -0.4 is 0 Å². The number of piperidine rings is 1. The van der Waals surface area contributed by atoms with E-state index >= 15 is 0 Å². The molecule has 0 unspecified atom stereocenters. The van der Waals surface area contributed by atoms with Crippen molar-refractivity contribution in [1.29, 1.82) is 0 Å². The highest BCUT2D eigenvalue weighted by Crippen LogP contribution is 2.50. The first kappa shape index (κ1) is 18.3. The highest BCUT2D eigenvalue weighted by atomic mass is 35.5. The average Bonchev–Trinajstić information content (AvgIpc) is 3.05. The smallest absolute Gasteiger partial charge is 0.105 e. The van der Waals surface area contributed by atoms with Crippen molar-refractivity contribution >= 4 is 22.9 Å². The maximum atomic E-state index is 10.2. The summed E-state index contributed by atoms with van der Waals surface area (Å²) in [7, 11) is 0. The summed E-state index contributed by atoms with van der Waals surface area (Å²) in [5.74, 6) is 0. The van der Waals surface area contributed by atoms with Crippen LogP contribution in [-0.2, 0) is 23.3 Å². The fourth-order valence-electron chi connectivity index (χ4n) is 4.05. The largest absolute Gasteiger partial charge is 0.386 e. The van der Waals surface area contributed by atoms with Gasteiger partial charge in [0.1, 0.15) is 11.7 Å². The zero-order valence-corrected chi connectivity index (χ0v) is 16.7. The van der Waals surface area contributed by atoms with Gasteiger partial charge in [-0.1, -0.05) is 18.5 Å². The lowest BCUT2D eigenvalue weighted by atomic mass is 9.81. The van der Waals surface area contributed by atoms with E-state index in [1.54, 1.807) is 11.3 Å². The van der Waals surface area contributed by atoms with Crippen molar-refractivity contribution in [2.24, 2.45) is 0 Å². The zero-order valence-electron chi connectivity index (χ0n) is 15.1. The van der Waals surface area contributed by atoms with E-state index in [4.69, 9.17) is 16.3 Å². The van der Waals surface area contributed by atoms with E-state index in [0.717, 1.165) is 58.5 Å². The van der Waals surface area contributed by atoms with Crippen LogP contribution in [0.25, 0.3) is 0 Å². The Morgan fingerprint density at radius 2 is 2.15 bits per heavy atom. The van der Waals surface area contributed by atoms with Crippen LogP contribution in [0, 0.1) is 0 Å². The van der Waals surface area contributed by atoms with E-state index < -0.39 is 6.10 Å². The van der Waals surface area contributed by atoms with Crippen LogP contribution in [0.3, 0.4) is 0 Å². The van der Waals surface area contributed by atoms with E-state index in [1.165, 1.54) is 0 Å². The third-order valence-electron chi connectivity index (χ3n) is 5.56. The van der Waals surface area contributed by atoms with Crippen LogP contribution in [-0.4, -0.2) is 39.2 Å². The number of hydrogen-bond donors (Lipinski definition) is 1. The third kappa shape index (κ3) is 3.29. The van der Waals surface area contributed by atoms with Crippen molar-refractivity contribution in [3.8, 4) is 0 Å². The summed E-state index contributed by atoms with van der Waals surface area (Å²) in [5, 5.41) is 10.2. The Kier molecular flexibility index (Phi) is 5.05. The molecule has 2 aliphatic heterocycles. The molecular weight excluding hydrogens is 370 g/mol. The summed E-state index contributed by atoms with van der Waals surface area (Å²) >= 11 is 7.79. The lowest BCUT2D eigenvalue weighted by molar-refractivity contribution is -0.139. The number of aryl methyl sites for hydroxylation is 1. The molecule has 0 saturated carbocycles. The van der Waals surface area contributed by atoms with E-state index in [-0.39, 0.29) is 5.60 Å².